The summed E-state index contributed by atoms with van der Waals surface area (Å²) in [4.78, 5) is 10.1. The summed E-state index contributed by atoms with van der Waals surface area (Å²) in [5.74, 6) is 4.09. The maximum atomic E-state index is 6.51. The van der Waals surface area contributed by atoms with Crippen LogP contribution in [0.1, 0.15) is 87.6 Å². The molecule has 0 amide bonds. The molecule has 7 nitrogen and oxygen atoms in total. The molecule has 262 valence electrons. The van der Waals surface area contributed by atoms with Gasteiger partial charge in [-0.25, -0.2) is 4.98 Å². The Hall–Kier alpha value is -3.55. The van der Waals surface area contributed by atoms with Crippen LogP contribution in [0.5, 0.6) is 23.0 Å². The van der Waals surface area contributed by atoms with Gasteiger partial charge in [0, 0.05) is 49.4 Å². The van der Waals surface area contributed by atoms with Gasteiger partial charge >= 0.3 is 0 Å². The van der Waals surface area contributed by atoms with E-state index >= 15 is 0 Å². The van der Waals surface area contributed by atoms with E-state index < -0.39 is 0 Å². The molecule has 0 radical (unpaired) electrons. The Bertz CT molecular complexity index is 1560. The highest BCUT2D eigenvalue weighted by Crippen LogP contribution is 2.36. The highest BCUT2D eigenvalue weighted by Gasteiger charge is 2.20. The molecule has 0 aliphatic rings. The van der Waals surface area contributed by atoms with Crippen molar-refractivity contribution in [3.63, 3.8) is 0 Å². The van der Waals surface area contributed by atoms with E-state index in [0.717, 1.165) is 91.0 Å². The summed E-state index contributed by atoms with van der Waals surface area (Å²) in [7, 11) is 0. The van der Waals surface area contributed by atoms with E-state index in [-0.39, 0.29) is 5.41 Å². The number of hydrogen-bond acceptors (Lipinski definition) is 6. The molecular weight excluding hydrogens is 596 g/mol. The Labute approximate surface area is 290 Å². The van der Waals surface area contributed by atoms with Crippen molar-refractivity contribution < 1.29 is 14.2 Å². The highest BCUT2D eigenvalue weighted by atomic mass is 16.5. The number of likely N-dealkylation sites (N-methyl/N-ethyl adjacent to an activating group) is 1. The number of aromatic nitrogens is 2. The minimum absolute atomic E-state index is 0.0946. The second kappa shape index (κ2) is 17.2. The zero-order valence-electron chi connectivity index (χ0n) is 31.3. The highest BCUT2D eigenvalue weighted by molar-refractivity contribution is 5.87. The van der Waals surface area contributed by atoms with E-state index in [0.29, 0.717) is 25.3 Å². The molecule has 0 aliphatic heterocycles. The lowest BCUT2D eigenvalue weighted by Crippen LogP contribution is -2.39. The number of imidazole rings is 1. The van der Waals surface area contributed by atoms with E-state index in [1.807, 2.05) is 18.2 Å². The van der Waals surface area contributed by atoms with Crippen LogP contribution in [0.2, 0.25) is 0 Å². The van der Waals surface area contributed by atoms with Crippen LogP contribution in [-0.4, -0.2) is 70.8 Å². The lowest BCUT2D eigenvalue weighted by atomic mass is 9.87. The smallest absolute Gasteiger partial charge is 0.150 e. The van der Waals surface area contributed by atoms with Gasteiger partial charge in [-0.1, -0.05) is 72.2 Å². The number of aryl methyl sites for hydroxylation is 1. The van der Waals surface area contributed by atoms with Crippen LogP contribution in [-0.2, 0) is 12.0 Å². The molecule has 0 N–H and O–H groups in total. The van der Waals surface area contributed by atoms with Crippen LogP contribution in [0.3, 0.4) is 0 Å². The second-order valence-electron chi connectivity index (χ2n) is 14.3. The summed E-state index contributed by atoms with van der Waals surface area (Å²) in [5.41, 5.74) is 4.28. The topological polar surface area (TPSA) is 52.0 Å². The number of ether oxygens (including phenoxy) is 3. The predicted octanol–water partition coefficient (Wildman–Crippen LogP) is 9.81. The summed E-state index contributed by atoms with van der Waals surface area (Å²) in [6.07, 6.45) is 2.12. The Morgan fingerprint density at radius 2 is 1.46 bits per heavy atom. The van der Waals surface area contributed by atoms with E-state index in [1.54, 1.807) is 0 Å². The summed E-state index contributed by atoms with van der Waals surface area (Å²) in [6.45, 7) is 28.0. The van der Waals surface area contributed by atoms with Crippen LogP contribution < -0.4 is 14.2 Å². The molecule has 0 saturated carbocycles. The fourth-order valence-electron chi connectivity index (χ4n) is 6.19. The van der Waals surface area contributed by atoms with E-state index in [2.05, 4.69) is 126 Å². The van der Waals surface area contributed by atoms with Gasteiger partial charge in [0.1, 0.15) is 41.8 Å². The molecule has 4 rings (SSSR count). The normalized spacial score (nSPS) is 12.2. The average molecular weight is 657 g/mol. The van der Waals surface area contributed by atoms with Crippen LogP contribution >= 0.6 is 0 Å². The molecular formula is C41H60N4O3. The van der Waals surface area contributed by atoms with Gasteiger partial charge in [-0.15, -0.1) is 0 Å². The number of fused-ring (bicyclic) bond motifs is 1. The second-order valence-corrected chi connectivity index (χ2v) is 14.3. The number of nitrogens with zero attached hydrogens (tertiary/aromatic N) is 4. The van der Waals surface area contributed by atoms with Crippen molar-refractivity contribution in [3.8, 4) is 34.4 Å². The molecule has 7 heteroatoms. The molecule has 48 heavy (non-hydrogen) atoms. The van der Waals surface area contributed by atoms with Crippen molar-refractivity contribution in [3.05, 3.63) is 66.2 Å². The first-order valence-corrected chi connectivity index (χ1v) is 18.1. The van der Waals surface area contributed by atoms with E-state index in [9.17, 15) is 0 Å². The van der Waals surface area contributed by atoms with Gasteiger partial charge in [0.25, 0.3) is 0 Å². The molecule has 0 spiro atoms. The maximum absolute atomic E-state index is 6.51. The molecule has 1 aromatic heterocycles. The monoisotopic (exact) mass is 656 g/mol. The molecule has 0 aliphatic carbocycles. The number of unbranched alkanes of at least 4 members (excludes halogenated alkanes) is 1. The van der Waals surface area contributed by atoms with Crippen molar-refractivity contribution in [2.75, 3.05) is 39.4 Å². The first kappa shape index (κ1) is 37.3. The quantitative estimate of drug-likeness (QED) is 0.106. The third kappa shape index (κ3) is 9.76. The van der Waals surface area contributed by atoms with Crippen molar-refractivity contribution in [2.24, 2.45) is 0 Å². The van der Waals surface area contributed by atoms with Gasteiger partial charge in [-0.3, -0.25) is 4.90 Å². The molecule has 3 aromatic carbocycles. The van der Waals surface area contributed by atoms with Gasteiger partial charge in [0.05, 0.1) is 5.52 Å². The van der Waals surface area contributed by atoms with Gasteiger partial charge < -0.3 is 23.7 Å². The zero-order chi connectivity index (χ0) is 34.8. The van der Waals surface area contributed by atoms with Crippen LogP contribution in [0, 0.1) is 0 Å². The van der Waals surface area contributed by atoms with E-state index in [4.69, 9.17) is 19.2 Å². The lowest BCUT2D eigenvalue weighted by Gasteiger charge is -2.30. The number of rotatable bonds is 18. The Balaban J connectivity index is 1.71. The lowest BCUT2D eigenvalue weighted by molar-refractivity contribution is 0.142. The van der Waals surface area contributed by atoms with Crippen molar-refractivity contribution in [2.45, 2.75) is 106 Å². The van der Waals surface area contributed by atoms with Crippen molar-refractivity contribution >= 4 is 11.0 Å². The SMILES string of the molecule is CCCCn1c(-c2cccc(Oc3ccc(C(C)(C)C)cc3)c2)nc2c(OCCN(CC)CC)cc(OCCN(C(C)C)C(C)C)cc21. The zero-order valence-corrected chi connectivity index (χ0v) is 31.3. The van der Waals surface area contributed by atoms with E-state index in [1.165, 1.54) is 5.56 Å². The number of benzene rings is 3. The third-order valence-corrected chi connectivity index (χ3v) is 9.08. The summed E-state index contributed by atoms with van der Waals surface area (Å²) in [6, 6.07) is 21.7. The molecule has 0 atom stereocenters. The van der Waals surface area contributed by atoms with Crippen LogP contribution in [0.25, 0.3) is 22.4 Å². The van der Waals surface area contributed by atoms with Crippen molar-refractivity contribution in [1.29, 1.82) is 0 Å². The summed E-state index contributed by atoms with van der Waals surface area (Å²) in [5, 5.41) is 0. The van der Waals surface area contributed by atoms with Crippen molar-refractivity contribution in [1.82, 2.24) is 19.4 Å². The maximum Gasteiger partial charge on any atom is 0.150 e. The Morgan fingerprint density at radius 1 is 0.771 bits per heavy atom. The Kier molecular flexibility index (Phi) is 13.4. The van der Waals surface area contributed by atoms with Gasteiger partial charge in [-0.2, -0.15) is 0 Å². The fraction of sp³-hybridized carbons (Fsp3) is 0.537. The molecule has 0 bridgehead atoms. The first-order valence-electron chi connectivity index (χ1n) is 18.1. The minimum Gasteiger partial charge on any atom is -0.492 e. The summed E-state index contributed by atoms with van der Waals surface area (Å²) >= 11 is 0. The third-order valence-electron chi connectivity index (χ3n) is 9.08. The molecule has 0 fully saturated rings. The average Bonchev–Trinajstić information content (AvgIpc) is 3.42. The minimum atomic E-state index is 0.0946. The molecule has 0 unspecified atom stereocenters. The number of hydrogen-bond donors (Lipinski definition) is 0. The van der Waals surface area contributed by atoms with Crippen LogP contribution in [0.15, 0.2) is 60.7 Å². The predicted molar refractivity (Wildman–Crippen MR) is 201 cm³/mol. The standard InChI is InChI=1S/C41H60N4O3/c1-11-14-22-45-37-28-36(46-26-24-44(30(4)5)31(6)7)29-38(47-25-23-43(12-2)13-3)39(37)42-40(45)32-16-15-17-35(27-32)48-34-20-18-33(19-21-34)41(8,9)10/h15-21,27-31H,11-14,22-26H2,1-10H3. The van der Waals surface area contributed by atoms with Gasteiger partial charge in [0.2, 0.25) is 0 Å². The molecule has 0 saturated heterocycles. The van der Waals surface area contributed by atoms with Gasteiger partial charge in [-0.05, 0) is 82.4 Å². The first-order chi connectivity index (χ1) is 22.9. The largest absolute Gasteiger partial charge is 0.492 e. The van der Waals surface area contributed by atoms with Crippen LogP contribution in [0.4, 0.5) is 0 Å². The fourth-order valence-corrected chi connectivity index (χ4v) is 6.19. The van der Waals surface area contributed by atoms with Gasteiger partial charge in [0.15, 0.2) is 5.75 Å². The molecule has 1 heterocycles. The molecule has 4 aromatic rings. The summed E-state index contributed by atoms with van der Waals surface area (Å²) < 4.78 is 21.6. The Morgan fingerprint density at radius 3 is 2.08 bits per heavy atom.